The number of thiazole rings is 1. The molecule has 0 aliphatic rings. The Bertz CT molecular complexity index is 432. The van der Waals surface area contributed by atoms with E-state index in [1.807, 2.05) is 6.26 Å². The number of hydrogen-bond acceptors (Lipinski definition) is 6. The van der Waals surface area contributed by atoms with Crippen molar-refractivity contribution in [3.8, 4) is 0 Å². The predicted molar refractivity (Wildman–Crippen MR) is 73.6 cm³/mol. The lowest BCUT2D eigenvalue weighted by atomic mass is 10.2. The monoisotopic (exact) mass is 288 g/mol. The molecule has 1 aromatic heterocycles. The van der Waals surface area contributed by atoms with Gasteiger partial charge in [-0.25, -0.2) is 4.98 Å². The van der Waals surface area contributed by atoms with E-state index in [1.54, 1.807) is 6.92 Å². The number of Topliss-reactive ketones (excluding diaryl/α,β-unsaturated/α-hetero) is 1. The lowest BCUT2D eigenvalue weighted by Gasteiger charge is -2.03. The van der Waals surface area contributed by atoms with Crippen LogP contribution in [0.25, 0.3) is 0 Å². The van der Waals surface area contributed by atoms with Gasteiger partial charge in [0, 0.05) is 13.5 Å². The van der Waals surface area contributed by atoms with Crippen molar-refractivity contribution in [1.82, 2.24) is 4.98 Å². The molecule has 0 unspecified atom stereocenters. The summed E-state index contributed by atoms with van der Waals surface area (Å²) in [7, 11) is 1.54. The van der Waals surface area contributed by atoms with Crippen LogP contribution in [0.2, 0.25) is 0 Å². The van der Waals surface area contributed by atoms with Crippen molar-refractivity contribution in [1.29, 1.82) is 0 Å². The molecule has 0 atom stereocenters. The molecule has 0 saturated heterocycles. The number of amides is 1. The Morgan fingerprint density at radius 1 is 1.50 bits per heavy atom. The van der Waals surface area contributed by atoms with E-state index < -0.39 is 0 Å². The van der Waals surface area contributed by atoms with E-state index in [9.17, 15) is 9.59 Å². The highest BCUT2D eigenvalue weighted by Crippen LogP contribution is 2.30. The summed E-state index contributed by atoms with van der Waals surface area (Å²) in [6, 6.07) is 0. The van der Waals surface area contributed by atoms with Gasteiger partial charge in [0.05, 0.1) is 13.0 Å². The molecule has 5 nitrogen and oxygen atoms in total. The molecule has 0 fully saturated rings. The second-order valence-electron chi connectivity index (χ2n) is 3.43. The molecule has 0 spiro atoms. The fourth-order valence-corrected chi connectivity index (χ4v) is 2.74. The van der Waals surface area contributed by atoms with E-state index in [-0.39, 0.29) is 18.1 Å². The number of hydrogen-bond donors (Lipinski definition) is 1. The highest BCUT2D eigenvalue weighted by Gasteiger charge is 2.18. The van der Waals surface area contributed by atoms with Gasteiger partial charge in [0.15, 0.2) is 15.9 Å². The van der Waals surface area contributed by atoms with Crippen LogP contribution in [0.1, 0.15) is 29.4 Å². The van der Waals surface area contributed by atoms with Crippen molar-refractivity contribution >= 4 is 40.6 Å². The quantitative estimate of drug-likeness (QED) is 0.616. The smallest absolute Gasteiger partial charge is 0.227 e. The minimum Gasteiger partial charge on any atom is -0.384 e. The Morgan fingerprint density at radius 3 is 2.78 bits per heavy atom. The van der Waals surface area contributed by atoms with Crippen molar-refractivity contribution in [3.05, 3.63) is 4.88 Å². The van der Waals surface area contributed by atoms with Gasteiger partial charge in [-0.05, 0) is 6.26 Å². The molecule has 0 saturated carbocycles. The fourth-order valence-electron chi connectivity index (χ4n) is 1.21. The maximum absolute atomic E-state index is 11.7. The first-order chi connectivity index (χ1) is 8.62. The molecule has 0 bridgehead atoms. The Kier molecular flexibility index (Phi) is 6.31. The summed E-state index contributed by atoms with van der Waals surface area (Å²) in [5.41, 5.74) is 0. The van der Waals surface area contributed by atoms with Crippen LogP contribution in [-0.4, -0.2) is 36.6 Å². The van der Waals surface area contributed by atoms with E-state index in [4.69, 9.17) is 4.74 Å². The molecule has 1 heterocycles. The molecule has 7 heteroatoms. The van der Waals surface area contributed by atoms with Crippen LogP contribution in [0.3, 0.4) is 0 Å². The second kappa shape index (κ2) is 7.50. The van der Waals surface area contributed by atoms with Gasteiger partial charge >= 0.3 is 0 Å². The Labute approximate surface area is 114 Å². The third kappa shape index (κ3) is 4.08. The van der Waals surface area contributed by atoms with Crippen molar-refractivity contribution in [3.63, 3.8) is 0 Å². The number of rotatable bonds is 7. The summed E-state index contributed by atoms with van der Waals surface area (Å²) in [6.45, 7) is 2.14. The zero-order chi connectivity index (χ0) is 13.5. The topological polar surface area (TPSA) is 68.3 Å². The van der Waals surface area contributed by atoms with Gasteiger partial charge in [-0.15, -0.1) is 11.3 Å². The van der Waals surface area contributed by atoms with Crippen LogP contribution in [0, 0.1) is 0 Å². The standard InChI is InChI=1S/C11H16N2O3S2/c1-4-7(14)9-10(13-11(17-3)18-9)12-8(15)5-6-16-2/h4-6H2,1-3H3,(H,12,15). The molecule has 0 radical (unpaired) electrons. The molecule has 0 aromatic carbocycles. The number of carbonyl (C=O) groups is 2. The number of nitrogens with one attached hydrogen (secondary N) is 1. The molecule has 0 aliphatic heterocycles. The zero-order valence-electron chi connectivity index (χ0n) is 10.6. The molecule has 1 amide bonds. The van der Waals surface area contributed by atoms with Gasteiger partial charge in [0.1, 0.15) is 4.88 Å². The second-order valence-corrected chi connectivity index (χ2v) is 5.48. The molecule has 18 heavy (non-hydrogen) atoms. The molecule has 1 rings (SSSR count). The van der Waals surface area contributed by atoms with Gasteiger partial charge in [-0.2, -0.15) is 0 Å². The largest absolute Gasteiger partial charge is 0.384 e. The highest BCUT2D eigenvalue weighted by atomic mass is 32.2. The highest BCUT2D eigenvalue weighted by molar-refractivity contribution is 8.00. The normalized spacial score (nSPS) is 10.4. The van der Waals surface area contributed by atoms with Crippen LogP contribution in [0.5, 0.6) is 0 Å². The third-order valence-corrected chi connectivity index (χ3v) is 4.23. The third-order valence-electron chi connectivity index (χ3n) is 2.15. The summed E-state index contributed by atoms with van der Waals surface area (Å²) < 4.78 is 5.60. The van der Waals surface area contributed by atoms with Crippen molar-refractivity contribution in [2.75, 3.05) is 25.3 Å². The van der Waals surface area contributed by atoms with Crippen LogP contribution < -0.4 is 5.32 Å². The predicted octanol–water partition coefficient (Wildman–Crippen LogP) is 2.43. The first kappa shape index (κ1) is 15.1. The van der Waals surface area contributed by atoms with Gasteiger partial charge in [-0.3, -0.25) is 9.59 Å². The summed E-state index contributed by atoms with van der Waals surface area (Å²) in [4.78, 5) is 28.1. The number of nitrogens with zero attached hydrogens (tertiary/aromatic N) is 1. The molecular formula is C11H16N2O3S2. The first-order valence-electron chi connectivity index (χ1n) is 5.49. The Balaban J connectivity index is 2.82. The number of carbonyl (C=O) groups excluding carboxylic acids is 2. The SMILES string of the molecule is CCC(=O)c1sc(SC)nc1NC(=O)CCOC. The average Bonchev–Trinajstić information content (AvgIpc) is 2.78. The van der Waals surface area contributed by atoms with Gasteiger partial charge in [-0.1, -0.05) is 18.7 Å². The summed E-state index contributed by atoms with van der Waals surface area (Å²) in [5.74, 6) is 0.173. The van der Waals surface area contributed by atoms with Gasteiger partial charge in [0.2, 0.25) is 5.91 Å². The number of aromatic nitrogens is 1. The van der Waals surface area contributed by atoms with E-state index in [2.05, 4.69) is 10.3 Å². The molecule has 100 valence electrons. The fraction of sp³-hybridized carbons (Fsp3) is 0.545. The lowest BCUT2D eigenvalue weighted by Crippen LogP contribution is -2.15. The van der Waals surface area contributed by atoms with Crippen LogP contribution in [-0.2, 0) is 9.53 Å². The maximum atomic E-state index is 11.7. The van der Waals surface area contributed by atoms with Gasteiger partial charge < -0.3 is 10.1 Å². The van der Waals surface area contributed by atoms with E-state index in [1.165, 1.54) is 30.2 Å². The minimum atomic E-state index is -0.194. The van der Waals surface area contributed by atoms with E-state index in [0.717, 1.165) is 4.34 Å². The number of methoxy groups -OCH3 is 1. The van der Waals surface area contributed by atoms with Crippen LogP contribution >= 0.6 is 23.1 Å². The van der Waals surface area contributed by atoms with Crippen molar-refractivity contribution in [2.24, 2.45) is 0 Å². The van der Waals surface area contributed by atoms with E-state index in [0.29, 0.717) is 23.7 Å². The van der Waals surface area contributed by atoms with E-state index >= 15 is 0 Å². The molecule has 0 aliphatic carbocycles. The minimum absolute atomic E-state index is 0.00478. The summed E-state index contributed by atoms with van der Waals surface area (Å²) in [5, 5.41) is 2.66. The Morgan fingerprint density at radius 2 is 2.22 bits per heavy atom. The molecule has 1 aromatic rings. The average molecular weight is 288 g/mol. The van der Waals surface area contributed by atoms with Crippen molar-refractivity contribution in [2.45, 2.75) is 24.1 Å². The summed E-state index contributed by atoms with van der Waals surface area (Å²) >= 11 is 2.77. The summed E-state index contributed by atoms with van der Waals surface area (Å²) in [6.07, 6.45) is 2.54. The lowest BCUT2D eigenvalue weighted by molar-refractivity contribution is -0.117. The molecule has 1 N–H and O–H groups in total. The number of anilines is 1. The van der Waals surface area contributed by atoms with Crippen LogP contribution in [0.15, 0.2) is 4.34 Å². The van der Waals surface area contributed by atoms with Crippen molar-refractivity contribution < 1.29 is 14.3 Å². The molecular weight excluding hydrogens is 272 g/mol. The number of thioether (sulfide) groups is 1. The number of ketones is 1. The number of ether oxygens (including phenoxy) is 1. The van der Waals surface area contributed by atoms with Gasteiger partial charge in [0.25, 0.3) is 0 Å². The Hall–Kier alpha value is -0.920. The zero-order valence-corrected chi connectivity index (χ0v) is 12.2. The van der Waals surface area contributed by atoms with Crippen LogP contribution in [0.4, 0.5) is 5.82 Å². The maximum Gasteiger partial charge on any atom is 0.227 e. The first-order valence-corrected chi connectivity index (χ1v) is 7.53.